The average molecular weight is 492 g/mol. The van der Waals surface area contributed by atoms with Crippen molar-refractivity contribution in [3.8, 4) is 5.75 Å². The summed E-state index contributed by atoms with van der Waals surface area (Å²) < 4.78 is 54.8. The van der Waals surface area contributed by atoms with Gasteiger partial charge in [0.2, 0.25) is 0 Å². The maximum Gasteiger partial charge on any atom is 0.410 e. The molecule has 0 atom stereocenters. The first kappa shape index (κ1) is 23.8. The van der Waals surface area contributed by atoms with Crippen LogP contribution in [-0.4, -0.2) is 44.0 Å². The number of rotatable bonds is 4. The van der Waals surface area contributed by atoms with Gasteiger partial charge in [0.15, 0.2) is 5.82 Å². The highest BCUT2D eigenvalue weighted by Gasteiger charge is 2.40. The fourth-order valence-corrected chi connectivity index (χ4v) is 4.99. The second-order valence-corrected chi connectivity index (χ2v) is 10.7. The third-order valence-corrected chi connectivity index (χ3v) is 6.74. The minimum Gasteiger partial charge on any atom is -0.487 e. The molecule has 1 saturated heterocycles. The minimum atomic E-state index is -4.29. The number of carbonyl (C=O) groups is 2. The van der Waals surface area contributed by atoms with Crippen molar-refractivity contribution in [3.05, 3.63) is 58.9 Å². The Bertz CT molecular complexity index is 1230. The van der Waals surface area contributed by atoms with Gasteiger partial charge in [0.1, 0.15) is 30.2 Å². The topological polar surface area (TPSA) is 105 Å². The molecule has 0 saturated carbocycles. The van der Waals surface area contributed by atoms with Crippen LogP contribution in [0.25, 0.3) is 0 Å². The summed E-state index contributed by atoms with van der Waals surface area (Å²) in [6.07, 6.45) is -0.258. The lowest BCUT2D eigenvalue weighted by atomic mass is 9.97. The molecule has 0 bridgehead atoms. The van der Waals surface area contributed by atoms with Crippen LogP contribution in [0.15, 0.2) is 36.4 Å². The number of nitrogens with one attached hydrogen (secondary N) is 1. The molecule has 2 aliphatic rings. The molecule has 2 aliphatic heterocycles. The molecule has 1 N–H and O–H groups in total. The van der Waals surface area contributed by atoms with Gasteiger partial charge in [-0.15, -0.1) is 0 Å². The van der Waals surface area contributed by atoms with Crippen molar-refractivity contribution in [2.75, 3.05) is 17.4 Å². The fourth-order valence-electron chi connectivity index (χ4n) is 3.83. The summed E-state index contributed by atoms with van der Waals surface area (Å²) in [5.41, 5.74) is 0.486. The zero-order valence-corrected chi connectivity index (χ0v) is 19.9. The summed E-state index contributed by atoms with van der Waals surface area (Å²) in [6, 6.07) is 10.7. The first-order valence-electron chi connectivity index (χ1n) is 10.8. The fraction of sp³-hybridized carbons (Fsp3) is 0.391. The van der Waals surface area contributed by atoms with Gasteiger partial charge in [-0.1, -0.05) is 30.3 Å². The standard InChI is InChI=1S/C23H26FN3O6S/c1-23(2,3)33-22(29)26-10-9-16-11-18(32-14-15-7-5-4-6-8-15)21(20(24)17(16)12-26)27-13-19(28)25-34(27,30)31/h4-8,11H,9-10,12-14H2,1-3H3,(H,25,28). The number of anilines is 1. The van der Waals surface area contributed by atoms with E-state index in [1.54, 1.807) is 26.8 Å². The highest BCUT2D eigenvalue weighted by atomic mass is 32.2. The molecule has 4 rings (SSSR count). The Hall–Kier alpha value is -3.34. The van der Waals surface area contributed by atoms with E-state index in [0.29, 0.717) is 22.8 Å². The van der Waals surface area contributed by atoms with Gasteiger partial charge in [0.05, 0.1) is 6.54 Å². The second kappa shape index (κ2) is 8.79. The first-order chi connectivity index (χ1) is 15.9. The van der Waals surface area contributed by atoms with E-state index >= 15 is 4.39 Å². The molecule has 9 nitrogen and oxygen atoms in total. The molecule has 2 aromatic rings. The maximum atomic E-state index is 15.9. The number of carbonyl (C=O) groups excluding carboxylic acids is 2. The van der Waals surface area contributed by atoms with Crippen molar-refractivity contribution in [1.82, 2.24) is 9.62 Å². The number of nitrogens with zero attached hydrogens (tertiary/aromatic N) is 2. The molecule has 0 radical (unpaired) electrons. The smallest absolute Gasteiger partial charge is 0.410 e. The number of fused-ring (bicyclic) bond motifs is 1. The third-order valence-electron chi connectivity index (χ3n) is 5.36. The Morgan fingerprint density at radius 3 is 2.50 bits per heavy atom. The van der Waals surface area contributed by atoms with Crippen LogP contribution in [0.2, 0.25) is 0 Å². The van der Waals surface area contributed by atoms with Crippen LogP contribution < -0.4 is 13.8 Å². The van der Waals surface area contributed by atoms with Crippen molar-refractivity contribution < 1.29 is 31.9 Å². The molecule has 0 aromatic heterocycles. The van der Waals surface area contributed by atoms with Crippen molar-refractivity contribution in [1.29, 1.82) is 0 Å². The lowest BCUT2D eigenvalue weighted by Gasteiger charge is -2.32. The summed E-state index contributed by atoms with van der Waals surface area (Å²) in [5, 5.41) is 0. The van der Waals surface area contributed by atoms with E-state index in [1.807, 2.05) is 35.1 Å². The molecule has 0 spiro atoms. The predicted molar refractivity (Wildman–Crippen MR) is 122 cm³/mol. The quantitative estimate of drug-likeness (QED) is 0.705. The van der Waals surface area contributed by atoms with Gasteiger partial charge < -0.3 is 14.4 Å². The highest BCUT2D eigenvalue weighted by molar-refractivity contribution is 7.92. The zero-order valence-electron chi connectivity index (χ0n) is 19.1. The Morgan fingerprint density at radius 2 is 1.88 bits per heavy atom. The van der Waals surface area contributed by atoms with Crippen LogP contribution in [0, 0.1) is 5.82 Å². The van der Waals surface area contributed by atoms with Crippen molar-refractivity contribution >= 4 is 27.9 Å². The van der Waals surface area contributed by atoms with Crippen LogP contribution in [0.3, 0.4) is 0 Å². The molecule has 34 heavy (non-hydrogen) atoms. The summed E-state index contributed by atoms with van der Waals surface area (Å²) in [4.78, 5) is 25.8. The third kappa shape index (κ3) is 4.93. The molecular weight excluding hydrogens is 465 g/mol. The Labute approximate surface area is 197 Å². The van der Waals surface area contributed by atoms with Gasteiger partial charge in [-0.25, -0.2) is 18.2 Å². The number of halogens is 1. The van der Waals surface area contributed by atoms with E-state index < -0.39 is 40.2 Å². The van der Waals surface area contributed by atoms with E-state index in [-0.39, 0.29) is 30.2 Å². The van der Waals surface area contributed by atoms with Gasteiger partial charge in [-0.2, -0.15) is 8.42 Å². The summed E-state index contributed by atoms with van der Waals surface area (Å²) in [5.74, 6) is -1.62. The summed E-state index contributed by atoms with van der Waals surface area (Å²) in [7, 11) is -4.29. The Morgan fingerprint density at radius 1 is 1.18 bits per heavy atom. The number of benzene rings is 2. The first-order valence-corrected chi connectivity index (χ1v) is 12.2. The Kier molecular flexibility index (Phi) is 6.15. The molecule has 11 heteroatoms. The lowest BCUT2D eigenvalue weighted by Crippen LogP contribution is -2.40. The second-order valence-electron chi connectivity index (χ2n) is 9.14. The molecule has 2 heterocycles. The van der Waals surface area contributed by atoms with Gasteiger partial charge in [-0.05, 0) is 44.4 Å². The summed E-state index contributed by atoms with van der Waals surface area (Å²) in [6.45, 7) is 4.92. The maximum absolute atomic E-state index is 15.9. The van der Waals surface area contributed by atoms with Crippen molar-refractivity contribution in [2.24, 2.45) is 0 Å². The summed E-state index contributed by atoms with van der Waals surface area (Å²) >= 11 is 0. The van der Waals surface area contributed by atoms with Crippen LogP contribution in [0.5, 0.6) is 5.75 Å². The number of ether oxygens (including phenoxy) is 2. The number of hydrogen-bond donors (Lipinski definition) is 1. The highest BCUT2D eigenvalue weighted by Crippen LogP contribution is 2.40. The largest absolute Gasteiger partial charge is 0.487 e. The van der Waals surface area contributed by atoms with Gasteiger partial charge in [-0.3, -0.25) is 4.79 Å². The van der Waals surface area contributed by atoms with Crippen LogP contribution in [0.1, 0.15) is 37.5 Å². The molecular formula is C23H26FN3O6S. The zero-order chi connectivity index (χ0) is 24.7. The van der Waals surface area contributed by atoms with Crippen molar-refractivity contribution in [2.45, 2.75) is 45.9 Å². The van der Waals surface area contributed by atoms with E-state index in [9.17, 15) is 18.0 Å². The van der Waals surface area contributed by atoms with Gasteiger partial charge in [0.25, 0.3) is 5.91 Å². The van der Waals surface area contributed by atoms with Gasteiger partial charge >= 0.3 is 16.3 Å². The molecule has 0 unspecified atom stereocenters. The molecule has 182 valence electrons. The van der Waals surface area contributed by atoms with Crippen LogP contribution in [0.4, 0.5) is 14.9 Å². The molecule has 2 aromatic carbocycles. The monoisotopic (exact) mass is 491 g/mol. The minimum absolute atomic E-state index is 0.00546. The van der Waals surface area contributed by atoms with E-state index in [4.69, 9.17) is 9.47 Å². The van der Waals surface area contributed by atoms with Gasteiger partial charge in [0, 0.05) is 12.1 Å². The molecule has 2 amide bonds. The number of amides is 2. The average Bonchev–Trinajstić information content (AvgIpc) is 3.03. The van der Waals surface area contributed by atoms with E-state index in [0.717, 1.165) is 5.56 Å². The van der Waals surface area contributed by atoms with Crippen LogP contribution >= 0.6 is 0 Å². The number of hydrogen-bond acceptors (Lipinski definition) is 6. The molecule has 1 fully saturated rings. The Balaban J connectivity index is 1.72. The van der Waals surface area contributed by atoms with Crippen molar-refractivity contribution in [3.63, 3.8) is 0 Å². The van der Waals surface area contributed by atoms with E-state index in [1.165, 1.54) is 4.90 Å². The SMILES string of the molecule is CC(C)(C)OC(=O)N1CCc2cc(OCc3ccccc3)c(N3CC(=O)NS3(=O)=O)c(F)c2C1. The molecule has 0 aliphatic carbocycles. The van der Waals surface area contributed by atoms with Crippen LogP contribution in [-0.2, 0) is 39.3 Å². The predicted octanol–water partition coefficient (Wildman–Crippen LogP) is 2.88. The normalized spacial score (nSPS) is 17.2. The van der Waals surface area contributed by atoms with E-state index in [2.05, 4.69) is 0 Å². The lowest BCUT2D eigenvalue weighted by molar-refractivity contribution is -0.117.